The molecule has 0 aliphatic rings. The van der Waals surface area contributed by atoms with Gasteiger partial charge in [-0.15, -0.1) is 0 Å². The summed E-state index contributed by atoms with van der Waals surface area (Å²) in [6.07, 6.45) is 0. The zero-order valence-electron chi connectivity index (χ0n) is 33.9. The first-order valence-electron chi connectivity index (χ1n) is 21.0. The van der Waals surface area contributed by atoms with Gasteiger partial charge in [-0.1, -0.05) is 218 Å². The topological polar surface area (TPSA) is 38.7 Å². The second kappa shape index (κ2) is 16.1. The molecule has 0 saturated heterocycles. The predicted octanol–water partition coefficient (Wildman–Crippen LogP) is 15.5. The fraction of sp³-hybridized carbons (Fsp3) is 0. The lowest BCUT2D eigenvalue weighted by Gasteiger charge is -2.16. The van der Waals surface area contributed by atoms with Gasteiger partial charge in [0.25, 0.3) is 0 Å². The Morgan fingerprint density at radius 3 is 1.05 bits per heavy atom. The molecule has 0 amide bonds. The molecular weight excluding hydrogens is 751 g/mol. The van der Waals surface area contributed by atoms with Crippen molar-refractivity contribution in [2.45, 2.75) is 0 Å². The Balaban J connectivity index is 1.05. The molecule has 3 nitrogen and oxygen atoms in total. The van der Waals surface area contributed by atoms with E-state index in [1.54, 1.807) is 0 Å². The number of aromatic nitrogens is 3. The Bertz CT molecular complexity index is 3270. The van der Waals surface area contributed by atoms with Crippen LogP contribution < -0.4 is 0 Å². The lowest BCUT2D eigenvalue weighted by molar-refractivity contribution is 1.18. The molecule has 0 aliphatic heterocycles. The average Bonchev–Trinajstić information content (AvgIpc) is 3.37. The van der Waals surface area contributed by atoms with E-state index in [1.165, 1.54) is 38.8 Å². The van der Waals surface area contributed by atoms with Crippen LogP contribution in [-0.2, 0) is 0 Å². The Kier molecular flexibility index (Phi) is 9.53. The number of hydrogen-bond acceptors (Lipinski definition) is 3. The van der Waals surface area contributed by atoms with Crippen molar-refractivity contribution in [2.75, 3.05) is 0 Å². The molecule has 0 N–H and O–H groups in total. The quantitative estimate of drug-likeness (QED) is 0.144. The van der Waals surface area contributed by atoms with E-state index < -0.39 is 0 Å². The second-order valence-electron chi connectivity index (χ2n) is 15.6. The van der Waals surface area contributed by atoms with Gasteiger partial charge in [0.1, 0.15) is 0 Å². The largest absolute Gasteiger partial charge is 0.247 e. The smallest absolute Gasteiger partial charge is 0.160 e. The third-order valence-electron chi connectivity index (χ3n) is 11.7. The summed E-state index contributed by atoms with van der Waals surface area (Å²) in [5, 5.41) is 3.40. The summed E-state index contributed by atoms with van der Waals surface area (Å²) in [6, 6.07) is 83.5. The van der Waals surface area contributed by atoms with E-state index in [1.807, 2.05) is 36.4 Å². The number of rotatable bonds is 8. The molecule has 0 aliphatic carbocycles. The molecule has 3 heteroatoms. The summed E-state index contributed by atoms with van der Waals surface area (Å²) in [5.41, 5.74) is 17.1. The zero-order chi connectivity index (χ0) is 41.2. The van der Waals surface area contributed by atoms with Crippen LogP contribution in [0.3, 0.4) is 0 Å². The first-order valence-corrected chi connectivity index (χ1v) is 21.0. The minimum atomic E-state index is 0.678. The summed E-state index contributed by atoms with van der Waals surface area (Å²) in [4.78, 5) is 15.7. The molecule has 0 unspecified atom stereocenters. The monoisotopic (exact) mass is 789 g/mol. The Hall–Kier alpha value is -8.27. The summed E-state index contributed by atoms with van der Waals surface area (Å²) in [6.45, 7) is 0. The van der Waals surface area contributed by atoms with E-state index in [-0.39, 0.29) is 0 Å². The van der Waals surface area contributed by atoms with Gasteiger partial charge in [0, 0.05) is 33.0 Å². The van der Waals surface area contributed by atoms with Gasteiger partial charge in [-0.25, -0.2) is 15.0 Å². The lowest BCUT2D eigenvalue weighted by Crippen LogP contribution is -1.96. The molecule has 290 valence electrons. The van der Waals surface area contributed by atoms with E-state index in [4.69, 9.17) is 15.0 Å². The molecule has 0 bridgehead atoms. The van der Waals surface area contributed by atoms with Crippen LogP contribution in [0.15, 0.2) is 237 Å². The molecule has 0 spiro atoms. The molecule has 11 rings (SSSR count). The van der Waals surface area contributed by atoms with Crippen molar-refractivity contribution < 1.29 is 0 Å². The van der Waals surface area contributed by atoms with Gasteiger partial charge in [0.15, 0.2) is 5.82 Å². The second-order valence-corrected chi connectivity index (χ2v) is 15.6. The first-order chi connectivity index (χ1) is 30.7. The SMILES string of the molecule is c1ccc(-c2ccc(-c3cc4c(-c5ccc(-c6ccccc6)cc5)cc(-c5ccc(-c6nc(-c7ccccc7)cc(-c7ccccc7)n6)cc5)nc4c4ccccc34)cc2)cc1. The van der Waals surface area contributed by atoms with Crippen LogP contribution in [0.1, 0.15) is 0 Å². The molecule has 0 radical (unpaired) electrons. The number of hydrogen-bond donors (Lipinski definition) is 0. The Morgan fingerprint density at radius 1 is 0.210 bits per heavy atom. The van der Waals surface area contributed by atoms with E-state index in [0.29, 0.717) is 5.82 Å². The molecule has 0 fully saturated rings. The number of benzene rings is 9. The van der Waals surface area contributed by atoms with Crippen LogP contribution in [0.2, 0.25) is 0 Å². The molecule has 9 aromatic carbocycles. The molecule has 2 aromatic heterocycles. The van der Waals surface area contributed by atoms with Crippen molar-refractivity contribution in [3.05, 3.63) is 237 Å². The highest BCUT2D eigenvalue weighted by Gasteiger charge is 2.17. The van der Waals surface area contributed by atoms with Crippen LogP contribution in [-0.4, -0.2) is 15.0 Å². The van der Waals surface area contributed by atoms with Gasteiger partial charge in [-0.05, 0) is 68.1 Å². The number of pyridine rings is 1. The van der Waals surface area contributed by atoms with Crippen molar-refractivity contribution in [2.24, 2.45) is 0 Å². The highest BCUT2D eigenvalue weighted by atomic mass is 14.9. The molecule has 0 saturated carbocycles. The van der Waals surface area contributed by atoms with E-state index in [2.05, 4.69) is 200 Å². The van der Waals surface area contributed by atoms with Crippen molar-refractivity contribution >= 4 is 21.7 Å². The van der Waals surface area contributed by atoms with E-state index in [9.17, 15) is 0 Å². The number of fused-ring (bicyclic) bond motifs is 3. The zero-order valence-corrected chi connectivity index (χ0v) is 33.9. The van der Waals surface area contributed by atoms with Crippen molar-refractivity contribution in [3.63, 3.8) is 0 Å². The third-order valence-corrected chi connectivity index (χ3v) is 11.7. The van der Waals surface area contributed by atoms with Gasteiger partial charge < -0.3 is 0 Å². The van der Waals surface area contributed by atoms with Gasteiger partial charge in [0.2, 0.25) is 0 Å². The summed E-state index contributed by atoms with van der Waals surface area (Å²) in [5.74, 6) is 0.678. The van der Waals surface area contributed by atoms with Gasteiger partial charge in [0.05, 0.1) is 22.6 Å². The Labute approximate surface area is 361 Å². The van der Waals surface area contributed by atoms with Crippen molar-refractivity contribution in [1.82, 2.24) is 15.0 Å². The van der Waals surface area contributed by atoms with E-state index >= 15 is 0 Å². The fourth-order valence-corrected chi connectivity index (χ4v) is 8.50. The summed E-state index contributed by atoms with van der Waals surface area (Å²) >= 11 is 0. The lowest BCUT2D eigenvalue weighted by atomic mass is 9.90. The van der Waals surface area contributed by atoms with Crippen LogP contribution >= 0.6 is 0 Å². The summed E-state index contributed by atoms with van der Waals surface area (Å²) < 4.78 is 0. The minimum Gasteiger partial charge on any atom is -0.247 e. The predicted molar refractivity (Wildman–Crippen MR) is 258 cm³/mol. The maximum Gasteiger partial charge on any atom is 0.160 e. The van der Waals surface area contributed by atoms with Crippen molar-refractivity contribution in [1.29, 1.82) is 0 Å². The van der Waals surface area contributed by atoms with E-state index in [0.717, 1.165) is 66.8 Å². The highest BCUT2D eigenvalue weighted by Crippen LogP contribution is 2.41. The molecule has 2 heterocycles. The normalized spacial score (nSPS) is 11.2. The van der Waals surface area contributed by atoms with Gasteiger partial charge >= 0.3 is 0 Å². The maximum atomic E-state index is 5.49. The fourth-order valence-electron chi connectivity index (χ4n) is 8.50. The molecule has 0 atom stereocenters. The minimum absolute atomic E-state index is 0.678. The molecular formula is C59H39N3. The van der Waals surface area contributed by atoms with Crippen molar-refractivity contribution in [3.8, 4) is 89.7 Å². The third kappa shape index (κ3) is 7.12. The summed E-state index contributed by atoms with van der Waals surface area (Å²) in [7, 11) is 0. The van der Waals surface area contributed by atoms with Crippen LogP contribution in [0.25, 0.3) is 111 Å². The van der Waals surface area contributed by atoms with Crippen LogP contribution in [0.5, 0.6) is 0 Å². The standard InChI is InChI=1S/C59H39N3/c1-5-15-40(16-6-1)42-25-29-44(30-26-42)52-37-54-53(45-31-27-43(28-32-45)41-17-7-2-8-18-41)38-55(60-58(54)51-24-14-13-23-50(51)52)48-33-35-49(36-34-48)59-61-56(46-19-9-3-10-20-46)39-57(62-59)47-21-11-4-12-22-47/h1-39H. The maximum absolute atomic E-state index is 5.49. The Morgan fingerprint density at radius 2 is 0.548 bits per heavy atom. The first kappa shape index (κ1) is 36.8. The number of nitrogens with zero attached hydrogens (tertiary/aromatic N) is 3. The average molecular weight is 790 g/mol. The highest BCUT2D eigenvalue weighted by molar-refractivity contribution is 6.16. The molecule has 11 aromatic rings. The molecule has 62 heavy (non-hydrogen) atoms. The van der Waals surface area contributed by atoms with Crippen LogP contribution in [0.4, 0.5) is 0 Å². The van der Waals surface area contributed by atoms with Gasteiger partial charge in [-0.3, -0.25) is 0 Å². The van der Waals surface area contributed by atoms with Gasteiger partial charge in [-0.2, -0.15) is 0 Å². The van der Waals surface area contributed by atoms with Crippen LogP contribution in [0, 0.1) is 0 Å².